The van der Waals surface area contributed by atoms with Crippen LogP contribution in [0.3, 0.4) is 0 Å². The summed E-state index contributed by atoms with van der Waals surface area (Å²) in [4.78, 5) is 11.4. The second-order valence-electron chi connectivity index (χ2n) is 10.7. The van der Waals surface area contributed by atoms with Crippen LogP contribution in [0.1, 0.15) is 75.8 Å². The monoisotopic (exact) mass is 491 g/mol. The summed E-state index contributed by atoms with van der Waals surface area (Å²) < 4.78 is 48.2. The lowest BCUT2D eigenvalue weighted by atomic mass is 9.74. The van der Waals surface area contributed by atoms with E-state index in [0.29, 0.717) is 24.3 Å². The van der Waals surface area contributed by atoms with E-state index in [-0.39, 0.29) is 29.1 Å². The van der Waals surface area contributed by atoms with Crippen LogP contribution in [0.15, 0.2) is 30.3 Å². The summed E-state index contributed by atoms with van der Waals surface area (Å²) in [6.07, 6.45) is 3.15. The zero-order valence-electron chi connectivity index (χ0n) is 20.4. The molecule has 4 rings (SSSR count). The molecule has 2 N–H and O–H groups in total. The third kappa shape index (κ3) is 6.49. The first kappa shape index (κ1) is 25.8. The Morgan fingerprint density at radius 2 is 1.94 bits per heavy atom. The van der Waals surface area contributed by atoms with Crippen molar-refractivity contribution in [1.82, 2.24) is 5.32 Å². The molecule has 35 heavy (non-hydrogen) atoms. The normalized spacial score (nSPS) is 25.5. The maximum absolute atomic E-state index is 14.1. The first-order chi connectivity index (χ1) is 16.7. The Hall–Kier alpha value is -2.28. The summed E-state index contributed by atoms with van der Waals surface area (Å²) in [5, 5.41) is 13.4. The number of carbonyl (C=O) groups is 1. The number of halogens is 3. The Balaban J connectivity index is 1.50. The van der Waals surface area contributed by atoms with Crippen LogP contribution in [0, 0.1) is 11.3 Å². The van der Waals surface area contributed by atoms with Gasteiger partial charge in [-0.25, -0.2) is 0 Å². The minimum absolute atomic E-state index is 0.0716. The second-order valence-corrected chi connectivity index (χ2v) is 10.7. The number of aryl methyl sites for hydroxylation is 1. The van der Waals surface area contributed by atoms with Gasteiger partial charge in [0.1, 0.15) is 11.3 Å². The molecule has 1 aliphatic carbocycles. The molecule has 2 aromatic carbocycles. The van der Waals surface area contributed by atoms with Gasteiger partial charge in [0.25, 0.3) is 0 Å². The molecular weight excluding hydrogens is 455 g/mol. The third-order valence-electron chi connectivity index (χ3n) is 7.85. The number of ether oxygens (including phenoxy) is 1. The molecule has 1 saturated carbocycles. The Bertz CT molecular complexity index is 1020. The first-order valence-corrected chi connectivity index (χ1v) is 12.9. The molecule has 0 aromatic heterocycles. The number of carboxylic acids is 1. The summed E-state index contributed by atoms with van der Waals surface area (Å²) in [6.45, 7) is 3.79. The molecule has 0 bridgehead atoms. The van der Waals surface area contributed by atoms with E-state index in [9.17, 15) is 23.1 Å². The average Bonchev–Trinajstić information content (AvgIpc) is 2.80. The molecule has 0 unspecified atom stereocenters. The fourth-order valence-corrected chi connectivity index (χ4v) is 5.90. The molecule has 1 saturated heterocycles. The largest absolute Gasteiger partial charge is 0.490 e. The number of fused-ring (bicyclic) bond motifs is 1. The fourth-order valence-electron chi connectivity index (χ4n) is 5.90. The fraction of sp³-hybridized carbons (Fsp3) is 0.607. The van der Waals surface area contributed by atoms with Crippen molar-refractivity contribution in [3.05, 3.63) is 41.5 Å². The lowest BCUT2D eigenvalue weighted by molar-refractivity contribution is -0.140. The number of carboxylic acid groups (broad SMARTS) is 1. The van der Waals surface area contributed by atoms with E-state index in [2.05, 4.69) is 12.2 Å². The SMILES string of the molecule is C[C@H]1CC[C@@H](Oc2ccc3cc(CCC[C@@]4(CC(=O)O)CCCNC4)ccc3c2C(F)(F)F)CC1. The van der Waals surface area contributed by atoms with Gasteiger partial charge in [0.2, 0.25) is 0 Å². The van der Waals surface area contributed by atoms with Crippen molar-refractivity contribution in [2.75, 3.05) is 13.1 Å². The zero-order valence-corrected chi connectivity index (χ0v) is 20.4. The van der Waals surface area contributed by atoms with Crippen LogP contribution in [-0.4, -0.2) is 30.3 Å². The summed E-state index contributed by atoms with van der Waals surface area (Å²) in [5.74, 6) is -0.252. The summed E-state index contributed by atoms with van der Waals surface area (Å²) in [5.41, 5.74) is 0.0387. The van der Waals surface area contributed by atoms with Gasteiger partial charge in [-0.05, 0) is 98.1 Å². The van der Waals surface area contributed by atoms with E-state index < -0.39 is 17.7 Å². The maximum atomic E-state index is 14.1. The quantitative estimate of drug-likeness (QED) is 0.418. The third-order valence-corrected chi connectivity index (χ3v) is 7.85. The van der Waals surface area contributed by atoms with Crippen molar-refractivity contribution in [2.45, 2.75) is 83.4 Å². The smallest absolute Gasteiger partial charge is 0.420 e. The molecule has 1 aliphatic heterocycles. The molecule has 0 spiro atoms. The lowest BCUT2D eigenvalue weighted by Gasteiger charge is -2.36. The van der Waals surface area contributed by atoms with Crippen molar-refractivity contribution < 1.29 is 27.8 Å². The number of benzene rings is 2. The number of aliphatic carboxylic acids is 1. The highest BCUT2D eigenvalue weighted by Crippen LogP contribution is 2.43. The van der Waals surface area contributed by atoms with E-state index >= 15 is 0 Å². The van der Waals surface area contributed by atoms with Gasteiger partial charge < -0.3 is 15.2 Å². The topological polar surface area (TPSA) is 58.6 Å². The average molecular weight is 492 g/mol. The highest BCUT2D eigenvalue weighted by molar-refractivity contribution is 5.89. The van der Waals surface area contributed by atoms with Crippen molar-refractivity contribution in [3.8, 4) is 5.75 Å². The number of hydrogen-bond acceptors (Lipinski definition) is 3. The molecule has 2 fully saturated rings. The van der Waals surface area contributed by atoms with Crippen molar-refractivity contribution in [1.29, 1.82) is 0 Å². The Morgan fingerprint density at radius 3 is 2.60 bits per heavy atom. The summed E-state index contributed by atoms with van der Waals surface area (Å²) >= 11 is 0. The number of rotatable bonds is 8. The molecule has 2 aliphatic rings. The Morgan fingerprint density at radius 1 is 1.17 bits per heavy atom. The van der Waals surface area contributed by atoms with Gasteiger partial charge >= 0.3 is 12.1 Å². The van der Waals surface area contributed by atoms with E-state index in [1.54, 1.807) is 18.2 Å². The van der Waals surface area contributed by atoms with Crippen molar-refractivity contribution in [2.24, 2.45) is 11.3 Å². The van der Waals surface area contributed by atoms with Crippen LogP contribution >= 0.6 is 0 Å². The molecule has 2 aromatic rings. The number of nitrogens with one attached hydrogen (secondary N) is 1. The van der Waals surface area contributed by atoms with Gasteiger partial charge in [0.15, 0.2) is 0 Å². The molecule has 1 atom stereocenters. The maximum Gasteiger partial charge on any atom is 0.420 e. The van der Waals surface area contributed by atoms with Gasteiger partial charge in [0.05, 0.1) is 12.5 Å². The minimum Gasteiger partial charge on any atom is -0.490 e. The molecule has 192 valence electrons. The molecular formula is C28H36F3NO3. The van der Waals surface area contributed by atoms with E-state index in [0.717, 1.165) is 63.5 Å². The first-order valence-electron chi connectivity index (χ1n) is 12.9. The van der Waals surface area contributed by atoms with E-state index in [4.69, 9.17) is 4.74 Å². The number of piperidine rings is 1. The molecule has 4 nitrogen and oxygen atoms in total. The van der Waals surface area contributed by atoms with Gasteiger partial charge in [-0.3, -0.25) is 4.79 Å². The van der Waals surface area contributed by atoms with Crippen LogP contribution in [0.2, 0.25) is 0 Å². The molecule has 1 heterocycles. The van der Waals surface area contributed by atoms with Gasteiger partial charge in [-0.1, -0.05) is 31.2 Å². The number of hydrogen-bond donors (Lipinski definition) is 2. The van der Waals surface area contributed by atoms with Crippen LogP contribution in [0.25, 0.3) is 10.8 Å². The van der Waals surface area contributed by atoms with Crippen LogP contribution in [-0.2, 0) is 17.4 Å². The molecule has 0 radical (unpaired) electrons. The van der Waals surface area contributed by atoms with Crippen molar-refractivity contribution >= 4 is 16.7 Å². The lowest BCUT2D eigenvalue weighted by Crippen LogP contribution is -2.41. The molecule has 0 amide bonds. The highest BCUT2D eigenvalue weighted by atomic mass is 19.4. The van der Waals surface area contributed by atoms with Gasteiger partial charge in [0, 0.05) is 6.54 Å². The Labute approximate surface area is 205 Å². The summed E-state index contributed by atoms with van der Waals surface area (Å²) in [6, 6.07) is 8.37. The van der Waals surface area contributed by atoms with Crippen LogP contribution in [0.4, 0.5) is 13.2 Å². The van der Waals surface area contributed by atoms with Gasteiger partial charge in [-0.2, -0.15) is 13.2 Å². The zero-order chi connectivity index (χ0) is 25.1. The molecule has 7 heteroatoms. The highest BCUT2D eigenvalue weighted by Gasteiger charge is 2.37. The van der Waals surface area contributed by atoms with E-state index in [1.807, 2.05) is 6.07 Å². The predicted molar refractivity (Wildman–Crippen MR) is 131 cm³/mol. The minimum atomic E-state index is -4.50. The standard InChI is InChI=1S/C28H36F3NO3/c1-19-5-9-22(10-6-19)35-24-12-8-21-16-20(7-11-23(21)26(24)28(29,30)31)4-2-13-27(17-25(33)34)14-3-15-32-18-27/h7-8,11-12,16,19,22,32H,2-6,9-10,13-15,17-18H2,1H3,(H,33,34)/t19-,22+,27-/m0/s1. The van der Waals surface area contributed by atoms with E-state index in [1.165, 1.54) is 6.07 Å². The Kier molecular flexibility index (Phi) is 7.94. The van der Waals surface area contributed by atoms with Crippen LogP contribution in [0.5, 0.6) is 5.75 Å². The second kappa shape index (κ2) is 10.8. The van der Waals surface area contributed by atoms with Crippen LogP contribution < -0.4 is 10.1 Å². The van der Waals surface area contributed by atoms with Gasteiger partial charge in [-0.15, -0.1) is 0 Å². The number of alkyl halides is 3. The van der Waals surface area contributed by atoms with Crippen molar-refractivity contribution in [3.63, 3.8) is 0 Å². The predicted octanol–water partition coefficient (Wildman–Crippen LogP) is 6.98. The summed E-state index contributed by atoms with van der Waals surface area (Å²) in [7, 11) is 0.